The predicted octanol–water partition coefficient (Wildman–Crippen LogP) is 1.16. The van der Waals surface area contributed by atoms with Crippen LogP contribution in [0.4, 0.5) is 5.69 Å². The predicted molar refractivity (Wildman–Crippen MR) is 78.8 cm³/mol. The second-order valence-electron chi connectivity index (χ2n) is 4.14. The van der Waals surface area contributed by atoms with Gasteiger partial charge in [-0.1, -0.05) is 0 Å². The summed E-state index contributed by atoms with van der Waals surface area (Å²) >= 11 is 0. The number of halogens is 1. The molecule has 0 unspecified atom stereocenters. The summed E-state index contributed by atoms with van der Waals surface area (Å²) in [4.78, 5) is 10.2. The lowest BCUT2D eigenvalue weighted by atomic mass is 10.2. The zero-order valence-corrected chi connectivity index (χ0v) is 13.1. The highest BCUT2D eigenvalue weighted by atomic mass is 35.5. The monoisotopic (exact) mass is 323 g/mol. The smallest absolute Gasteiger partial charge is 0.269 e. The normalized spacial score (nSPS) is 11.2. The Labute approximate surface area is 124 Å². The molecule has 0 aromatic heterocycles. The van der Waals surface area contributed by atoms with Gasteiger partial charge in [0.2, 0.25) is 10.0 Å². The van der Waals surface area contributed by atoms with Crippen molar-refractivity contribution in [2.75, 3.05) is 27.2 Å². The number of nitro groups is 1. The molecule has 0 saturated heterocycles. The fourth-order valence-electron chi connectivity index (χ4n) is 1.59. The van der Waals surface area contributed by atoms with E-state index in [9.17, 15) is 18.5 Å². The standard InChI is InChI=1S/C11H17N3O4S.ClH/c1-9-8-10(14(15)16)4-5-11(9)19(17,18)13(3)7-6-12-2;/h4-5,8,12H,6-7H2,1-3H3;1H. The number of benzene rings is 1. The number of hydrogen-bond donors (Lipinski definition) is 1. The molecular weight excluding hydrogens is 306 g/mol. The number of hydrogen-bond acceptors (Lipinski definition) is 5. The molecule has 1 aromatic rings. The molecule has 9 heteroatoms. The van der Waals surface area contributed by atoms with Crippen molar-refractivity contribution in [3.63, 3.8) is 0 Å². The van der Waals surface area contributed by atoms with Crippen LogP contribution in [0.5, 0.6) is 0 Å². The molecule has 7 nitrogen and oxygen atoms in total. The van der Waals surface area contributed by atoms with E-state index in [1.165, 1.54) is 29.6 Å². The van der Waals surface area contributed by atoms with Crippen molar-refractivity contribution in [3.05, 3.63) is 33.9 Å². The van der Waals surface area contributed by atoms with Gasteiger partial charge in [-0.2, -0.15) is 4.31 Å². The maximum Gasteiger partial charge on any atom is 0.269 e. The quantitative estimate of drug-likeness (QED) is 0.626. The second kappa shape index (κ2) is 7.53. The summed E-state index contributed by atoms with van der Waals surface area (Å²) in [7, 11) is -0.400. The van der Waals surface area contributed by atoms with Crippen molar-refractivity contribution in [1.82, 2.24) is 9.62 Å². The van der Waals surface area contributed by atoms with E-state index in [0.717, 1.165) is 0 Å². The Hall–Kier alpha value is -1.22. The second-order valence-corrected chi connectivity index (χ2v) is 6.15. The van der Waals surface area contributed by atoms with Crippen LogP contribution in [0.15, 0.2) is 23.1 Å². The summed E-state index contributed by atoms with van der Waals surface area (Å²) in [5.41, 5.74) is 0.250. The van der Waals surface area contributed by atoms with Crippen LogP contribution in [0.2, 0.25) is 0 Å². The lowest BCUT2D eigenvalue weighted by Gasteiger charge is -2.18. The zero-order valence-electron chi connectivity index (χ0n) is 11.5. The first-order valence-electron chi connectivity index (χ1n) is 5.66. The molecule has 1 rings (SSSR count). The summed E-state index contributed by atoms with van der Waals surface area (Å²) in [6.45, 7) is 2.41. The molecule has 0 heterocycles. The van der Waals surface area contributed by atoms with Gasteiger partial charge in [0, 0.05) is 32.3 Å². The highest BCUT2D eigenvalue weighted by molar-refractivity contribution is 7.89. The third-order valence-electron chi connectivity index (χ3n) is 2.73. The topological polar surface area (TPSA) is 92.6 Å². The van der Waals surface area contributed by atoms with Crippen molar-refractivity contribution in [2.45, 2.75) is 11.8 Å². The Morgan fingerprint density at radius 3 is 2.45 bits per heavy atom. The third-order valence-corrected chi connectivity index (χ3v) is 4.75. The first-order chi connectivity index (χ1) is 8.80. The highest BCUT2D eigenvalue weighted by Crippen LogP contribution is 2.23. The van der Waals surface area contributed by atoms with Crippen LogP contribution in [0, 0.1) is 17.0 Å². The van der Waals surface area contributed by atoms with Crippen LogP contribution in [-0.2, 0) is 10.0 Å². The van der Waals surface area contributed by atoms with Gasteiger partial charge in [-0.25, -0.2) is 8.42 Å². The van der Waals surface area contributed by atoms with Gasteiger partial charge in [-0.05, 0) is 25.6 Å². The Bertz CT molecular complexity index is 577. The summed E-state index contributed by atoms with van der Waals surface area (Å²) in [5.74, 6) is 0. The molecule has 0 bridgehead atoms. The van der Waals surface area contributed by atoms with E-state index >= 15 is 0 Å². The van der Waals surface area contributed by atoms with Crippen LogP contribution >= 0.6 is 12.4 Å². The highest BCUT2D eigenvalue weighted by Gasteiger charge is 2.23. The minimum absolute atomic E-state index is 0. The number of nitrogens with zero attached hydrogens (tertiary/aromatic N) is 2. The molecule has 114 valence electrons. The van der Waals surface area contributed by atoms with Crippen molar-refractivity contribution in [1.29, 1.82) is 0 Å². The first kappa shape index (κ1) is 18.8. The number of aryl methyl sites for hydroxylation is 1. The van der Waals surface area contributed by atoms with Crippen molar-refractivity contribution in [2.24, 2.45) is 0 Å². The minimum Gasteiger partial charge on any atom is -0.318 e. The zero-order chi connectivity index (χ0) is 14.6. The van der Waals surface area contributed by atoms with Gasteiger partial charge in [0.05, 0.1) is 9.82 Å². The molecule has 0 aliphatic rings. The van der Waals surface area contributed by atoms with Gasteiger partial charge in [0.1, 0.15) is 0 Å². The summed E-state index contributed by atoms with van der Waals surface area (Å²) in [5, 5.41) is 13.5. The van der Waals surface area contributed by atoms with E-state index in [1.807, 2.05) is 0 Å². The Morgan fingerprint density at radius 1 is 1.40 bits per heavy atom. The lowest BCUT2D eigenvalue weighted by molar-refractivity contribution is -0.385. The van der Waals surface area contributed by atoms with Crippen molar-refractivity contribution in [3.8, 4) is 0 Å². The number of likely N-dealkylation sites (N-methyl/N-ethyl adjacent to an activating group) is 2. The molecule has 0 saturated carbocycles. The van der Waals surface area contributed by atoms with E-state index < -0.39 is 14.9 Å². The molecule has 0 amide bonds. The molecule has 0 radical (unpaired) electrons. The summed E-state index contributed by atoms with van der Waals surface area (Å²) in [6, 6.07) is 3.74. The van der Waals surface area contributed by atoms with Crippen LogP contribution in [0.25, 0.3) is 0 Å². The molecule has 0 atom stereocenters. The summed E-state index contributed by atoms with van der Waals surface area (Å²) in [6.07, 6.45) is 0. The van der Waals surface area contributed by atoms with Crippen molar-refractivity contribution >= 4 is 28.1 Å². The maximum absolute atomic E-state index is 12.3. The van der Waals surface area contributed by atoms with Gasteiger partial charge < -0.3 is 5.32 Å². The molecule has 1 N–H and O–H groups in total. The fourth-order valence-corrected chi connectivity index (χ4v) is 2.97. The summed E-state index contributed by atoms with van der Waals surface area (Å²) < 4.78 is 25.8. The Balaban J connectivity index is 0.00000361. The van der Waals surface area contributed by atoms with E-state index in [0.29, 0.717) is 18.7 Å². The van der Waals surface area contributed by atoms with Crippen molar-refractivity contribution < 1.29 is 13.3 Å². The molecule has 0 aliphatic carbocycles. The van der Waals surface area contributed by atoms with Crippen LogP contribution in [0.1, 0.15) is 5.56 Å². The van der Waals surface area contributed by atoms with E-state index in [4.69, 9.17) is 0 Å². The van der Waals surface area contributed by atoms with Gasteiger partial charge in [0.25, 0.3) is 5.69 Å². The molecular formula is C11H18ClN3O4S. The third kappa shape index (κ3) is 4.14. The van der Waals surface area contributed by atoms with Crippen LogP contribution < -0.4 is 5.32 Å². The number of rotatable bonds is 6. The van der Waals surface area contributed by atoms with Gasteiger partial charge in [-0.15, -0.1) is 12.4 Å². The largest absolute Gasteiger partial charge is 0.318 e. The number of nitro benzene ring substituents is 1. The minimum atomic E-state index is -3.61. The fraction of sp³-hybridized carbons (Fsp3) is 0.455. The molecule has 0 aliphatic heterocycles. The number of nitrogens with one attached hydrogen (secondary N) is 1. The number of sulfonamides is 1. The number of non-ortho nitro benzene ring substituents is 1. The Kier molecular flexibility index (Phi) is 7.07. The maximum atomic E-state index is 12.3. The lowest BCUT2D eigenvalue weighted by Crippen LogP contribution is -2.33. The average molecular weight is 324 g/mol. The SMILES string of the molecule is CNCCN(C)S(=O)(=O)c1ccc([N+](=O)[O-])cc1C.Cl. The van der Waals surface area contributed by atoms with Gasteiger partial charge in [-0.3, -0.25) is 10.1 Å². The Morgan fingerprint density at radius 2 is 2.00 bits per heavy atom. The van der Waals surface area contributed by atoms with Crippen LogP contribution in [-0.4, -0.2) is 44.8 Å². The van der Waals surface area contributed by atoms with Gasteiger partial charge in [0.15, 0.2) is 0 Å². The molecule has 1 aromatic carbocycles. The van der Waals surface area contributed by atoms with E-state index in [2.05, 4.69) is 5.32 Å². The molecule has 20 heavy (non-hydrogen) atoms. The molecule has 0 spiro atoms. The first-order valence-corrected chi connectivity index (χ1v) is 7.10. The average Bonchev–Trinajstić information content (AvgIpc) is 2.35. The van der Waals surface area contributed by atoms with Crippen LogP contribution in [0.3, 0.4) is 0 Å². The van der Waals surface area contributed by atoms with Gasteiger partial charge >= 0.3 is 0 Å². The van der Waals surface area contributed by atoms with E-state index in [1.54, 1.807) is 14.0 Å². The van der Waals surface area contributed by atoms with E-state index in [-0.39, 0.29) is 23.0 Å². The molecule has 0 fully saturated rings.